The Labute approximate surface area is 125 Å². The molecule has 0 heterocycles. The van der Waals surface area contributed by atoms with Gasteiger partial charge in [0.2, 0.25) is 5.91 Å². The molecule has 0 aliphatic carbocycles. The number of carbonyl (C=O) groups is 3. The highest BCUT2D eigenvalue weighted by Gasteiger charge is 2.23. The van der Waals surface area contributed by atoms with Crippen LogP contribution in [0.1, 0.15) is 46.5 Å². The molecule has 0 saturated carbocycles. The van der Waals surface area contributed by atoms with Crippen LogP contribution in [0.2, 0.25) is 0 Å². The summed E-state index contributed by atoms with van der Waals surface area (Å²) in [5, 5.41) is 11.5. The molecule has 0 aromatic heterocycles. The van der Waals surface area contributed by atoms with Gasteiger partial charge < -0.3 is 21.1 Å². The maximum atomic E-state index is 12.1. The van der Waals surface area contributed by atoms with Gasteiger partial charge in [-0.2, -0.15) is 0 Å². The van der Waals surface area contributed by atoms with E-state index >= 15 is 0 Å². The molecule has 0 radical (unpaired) electrons. The second-order valence-corrected chi connectivity index (χ2v) is 5.07. The maximum Gasteiger partial charge on any atom is 0.326 e. The van der Waals surface area contributed by atoms with Gasteiger partial charge in [-0.05, 0) is 19.3 Å². The van der Waals surface area contributed by atoms with Crippen molar-refractivity contribution in [1.82, 2.24) is 10.2 Å². The van der Waals surface area contributed by atoms with E-state index in [0.29, 0.717) is 19.0 Å². The average Bonchev–Trinajstić information content (AvgIpc) is 2.44. The van der Waals surface area contributed by atoms with Crippen molar-refractivity contribution in [3.63, 3.8) is 0 Å². The molecule has 7 heteroatoms. The van der Waals surface area contributed by atoms with Crippen molar-refractivity contribution in [2.45, 2.75) is 52.5 Å². The smallest absolute Gasteiger partial charge is 0.326 e. The van der Waals surface area contributed by atoms with Crippen LogP contribution >= 0.6 is 0 Å². The van der Waals surface area contributed by atoms with Crippen LogP contribution in [-0.2, 0) is 9.59 Å². The van der Waals surface area contributed by atoms with Crippen molar-refractivity contribution in [3.8, 4) is 0 Å². The minimum absolute atomic E-state index is 0.00105. The fraction of sp³-hybridized carbons (Fsp3) is 0.786. The van der Waals surface area contributed by atoms with E-state index in [0.717, 1.165) is 12.8 Å². The Morgan fingerprint density at radius 3 is 2.14 bits per heavy atom. The molecule has 0 rings (SSSR count). The molecule has 0 aliphatic heterocycles. The molecule has 7 nitrogen and oxygen atoms in total. The number of rotatable bonds is 10. The molecule has 0 saturated heterocycles. The van der Waals surface area contributed by atoms with E-state index in [2.05, 4.69) is 19.2 Å². The lowest BCUT2D eigenvalue weighted by atomic mass is 10.0. The van der Waals surface area contributed by atoms with Gasteiger partial charge in [0.1, 0.15) is 6.04 Å². The molecule has 122 valence electrons. The van der Waals surface area contributed by atoms with Gasteiger partial charge in [-0.15, -0.1) is 0 Å². The quantitative estimate of drug-likeness (QED) is 0.562. The van der Waals surface area contributed by atoms with Gasteiger partial charge in [0.15, 0.2) is 0 Å². The molecule has 21 heavy (non-hydrogen) atoms. The number of carboxylic acid groups (broad SMARTS) is 1. The number of hydrogen-bond acceptors (Lipinski definition) is 3. The highest BCUT2D eigenvalue weighted by Crippen LogP contribution is 2.10. The van der Waals surface area contributed by atoms with E-state index in [1.165, 1.54) is 0 Å². The lowest BCUT2D eigenvalue weighted by molar-refractivity contribution is -0.139. The van der Waals surface area contributed by atoms with Gasteiger partial charge in [-0.25, -0.2) is 9.59 Å². The number of aliphatic carboxylic acids is 1. The summed E-state index contributed by atoms with van der Waals surface area (Å²) in [5.41, 5.74) is 5.00. The summed E-state index contributed by atoms with van der Waals surface area (Å²) in [6.45, 7) is 7.07. The minimum Gasteiger partial charge on any atom is -0.480 e. The number of urea groups is 1. The van der Waals surface area contributed by atoms with Crippen molar-refractivity contribution in [2.24, 2.45) is 11.7 Å². The third-order valence-corrected chi connectivity index (χ3v) is 3.58. The molecule has 0 aromatic carbocycles. The Morgan fingerprint density at radius 2 is 1.76 bits per heavy atom. The van der Waals surface area contributed by atoms with Gasteiger partial charge in [0.25, 0.3) is 0 Å². The predicted molar refractivity (Wildman–Crippen MR) is 79.7 cm³/mol. The van der Waals surface area contributed by atoms with Gasteiger partial charge >= 0.3 is 12.0 Å². The minimum atomic E-state index is -1.16. The molecule has 1 atom stereocenters. The second-order valence-electron chi connectivity index (χ2n) is 5.07. The van der Waals surface area contributed by atoms with E-state index < -0.39 is 23.9 Å². The first-order valence-corrected chi connectivity index (χ1v) is 7.42. The van der Waals surface area contributed by atoms with E-state index in [1.54, 1.807) is 4.90 Å². The lowest BCUT2D eigenvalue weighted by Crippen LogP contribution is -2.49. The van der Waals surface area contributed by atoms with E-state index in [1.807, 2.05) is 6.92 Å². The summed E-state index contributed by atoms with van der Waals surface area (Å²) < 4.78 is 0. The molecule has 0 aromatic rings. The Bertz CT molecular complexity index is 356. The fourth-order valence-electron chi connectivity index (χ4n) is 2.00. The molecule has 0 spiro atoms. The van der Waals surface area contributed by atoms with Crippen LogP contribution in [0.25, 0.3) is 0 Å². The lowest BCUT2D eigenvalue weighted by Gasteiger charge is -2.27. The van der Waals surface area contributed by atoms with Crippen molar-refractivity contribution in [2.75, 3.05) is 13.1 Å². The molecule has 3 amide bonds. The number of carbonyl (C=O) groups excluding carboxylic acids is 2. The SMILES string of the molecule is CCC(CC)CN(CC)C(=O)NC(CCC(N)=O)C(=O)O. The largest absolute Gasteiger partial charge is 0.480 e. The van der Waals surface area contributed by atoms with Crippen LogP contribution < -0.4 is 11.1 Å². The van der Waals surface area contributed by atoms with Crippen molar-refractivity contribution in [1.29, 1.82) is 0 Å². The van der Waals surface area contributed by atoms with Gasteiger partial charge in [0, 0.05) is 19.5 Å². The van der Waals surface area contributed by atoms with Gasteiger partial charge in [-0.3, -0.25) is 4.79 Å². The van der Waals surface area contributed by atoms with Crippen LogP contribution in [0.4, 0.5) is 4.79 Å². The summed E-state index contributed by atoms with van der Waals surface area (Å²) in [6, 6.07) is -1.51. The zero-order valence-corrected chi connectivity index (χ0v) is 13.1. The van der Waals surface area contributed by atoms with Crippen LogP contribution in [0.5, 0.6) is 0 Å². The number of hydrogen-bond donors (Lipinski definition) is 3. The maximum absolute atomic E-state index is 12.1. The highest BCUT2D eigenvalue weighted by molar-refractivity contribution is 5.83. The summed E-state index contributed by atoms with van der Waals surface area (Å²) in [7, 11) is 0. The molecule has 4 N–H and O–H groups in total. The Hall–Kier alpha value is -1.79. The molecular formula is C14H27N3O4. The predicted octanol–water partition coefficient (Wildman–Crippen LogP) is 1.17. The Balaban J connectivity index is 4.62. The van der Waals surface area contributed by atoms with Gasteiger partial charge in [0.05, 0.1) is 0 Å². The zero-order chi connectivity index (χ0) is 16.4. The number of amides is 3. The topological polar surface area (TPSA) is 113 Å². The van der Waals surface area contributed by atoms with Crippen LogP contribution in [-0.4, -0.2) is 47.0 Å². The number of primary amides is 1. The first kappa shape index (κ1) is 19.2. The zero-order valence-electron chi connectivity index (χ0n) is 13.1. The van der Waals surface area contributed by atoms with E-state index in [-0.39, 0.29) is 12.8 Å². The average molecular weight is 301 g/mol. The molecule has 1 unspecified atom stereocenters. The van der Waals surface area contributed by atoms with Crippen molar-refractivity contribution >= 4 is 17.9 Å². The van der Waals surface area contributed by atoms with Crippen LogP contribution in [0.15, 0.2) is 0 Å². The highest BCUT2D eigenvalue weighted by atomic mass is 16.4. The van der Waals surface area contributed by atoms with Crippen molar-refractivity contribution < 1.29 is 19.5 Å². The van der Waals surface area contributed by atoms with Crippen LogP contribution in [0, 0.1) is 5.92 Å². The van der Waals surface area contributed by atoms with Gasteiger partial charge in [-0.1, -0.05) is 26.7 Å². The first-order chi connectivity index (χ1) is 9.85. The molecule has 0 aliphatic rings. The normalized spacial score (nSPS) is 12.0. The fourth-order valence-corrected chi connectivity index (χ4v) is 2.00. The Kier molecular flexibility index (Phi) is 9.16. The monoisotopic (exact) mass is 301 g/mol. The Morgan fingerprint density at radius 1 is 1.19 bits per heavy atom. The summed E-state index contributed by atoms with van der Waals surface area (Å²) >= 11 is 0. The standard InChI is InChI=1S/C14H27N3O4/c1-4-10(5-2)9-17(6-3)14(21)16-11(13(19)20)7-8-12(15)18/h10-11H,4-9H2,1-3H3,(H2,15,18)(H,16,21)(H,19,20). The third kappa shape index (κ3) is 7.53. The number of nitrogens with one attached hydrogen (secondary N) is 1. The molecular weight excluding hydrogens is 274 g/mol. The molecule has 0 bridgehead atoms. The van der Waals surface area contributed by atoms with E-state index in [4.69, 9.17) is 10.8 Å². The first-order valence-electron chi connectivity index (χ1n) is 7.42. The second kappa shape index (κ2) is 10.0. The summed E-state index contributed by atoms with van der Waals surface area (Å²) in [5.74, 6) is -1.35. The van der Waals surface area contributed by atoms with Crippen molar-refractivity contribution in [3.05, 3.63) is 0 Å². The van der Waals surface area contributed by atoms with E-state index in [9.17, 15) is 14.4 Å². The number of carboxylic acids is 1. The summed E-state index contributed by atoms with van der Waals surface area (Å²) in [4.78, 5) is 35.6. The summed E-state index contributed by atoms with van der Waals surface area (Å²) in [6.07, 6.45) is 1.85. The third-order valence-electron chi connectivity index (χ3n) is 3.58. The number of nitrogens with two attached hydrogens (primary N) is 1. The number of nitrogens with zero attached hydrogens (tertiary/aromatic N) is 1. The molecule has 0 fully saturated rings. The van der Waals surface area contributed by atoms with Crippen LogP contribution in [0.3, 0.4) is 0 Å².